The average Bonchev–Trinajstić information content (AvgIpc) is 2.78. The van der Waals surface area contributed by atoms with Crippen molar-refractivity contribution in [3.05, 3.63) is 95.2 Å². The smallest absolute Gasteiger partial charge is 0.314 e. The average molecular weight is 447 g/mol. The first-order chi connectivity index (χ1) is 15.5. The van der Waals surface area contributed by atoms with Crippen LogP contribution in [0, 0.1) is 23.2 Å². The summed E-state index contributed by atoms with van der Waals surface area (Å²) in [5.41, 5.74) is 1.18. The number of nitrogens with zero attached hydrogens (tertiary/aromatic N) is 2. The van der Waals surface area contributed by atoms with Crippen molar-refractivity contribution in [2.75, 3.05) is 0 Å². The van der Waals surface area contributed by atoms with E-state index in [0.717, 1.165) is 5.56 Å². The summed E-state index contributed by atoms with van der Waals surface area (Å²) in [6.07, 6.45) is 2.45. The van der Waals surface area contributed by atoms with Crippen molar-refractivity contribution in [1.82, 2.24) is 4.98 Å². The number of hydrogen-bond acceptors (Lipinski definition) is 5. The molecule has 0 spiro atoms. The number of carbonyl (C=O) groups excluding carboxylic acids is 1. The van der Waals surface area contributed by atoms with E-state index < -0.39 is 18.0 Å². The van der Waals surface area contributed by atoms with Gasteiger partial charge >= 0.3 is 5.97 Å². The van der Waals surface area contributed by atoms with Crippen molar-refractivity contribution in [2.24, 2.45) is 11.8 Å². The fraction of sp³-hybridized carbons (Fsp3) is 0.192. The monoisotopic (exact) mass is 446 g/mol. The number of rotatable bonds is 8. The molecule has 0 fully saturated rings. The minimum absolute atomic E-state index is 0.0296. The Bertz CT molecular complexity index is 1120. The van der Waals surface area contributed by atoms with E-state index in [9.17, 15) is 10.1 Å². The molecule has 0 aliphatic carbocycles. The third-order valence-corrected chi connectivity index (χ3v) is 4.90. The Kier molecular flexibility index (Phi) is 8.02. The van der Waals surface area contributed by atoms with Gasteiger partial charge in [0.15, 0.2) is 0 Å². The van der Waals surface area contributed by atoms with Gasteiger partial charge in [-0.25, -0.2) is 4.98 Å². The lowest BCUT2D eigenvalue weighted by Gasteiger charge is -2.18. The molecule has 1 heterocycles. The molecule has 0 aliphatic heterocycles. The number of carbonyl (C=O) groups is 1. The molecular formula is C26H23ClN2O3. The molecule has 0 aliphatic rings. The molecular weight excluding hydrogens is 424 g/mol. The molecule has 0 radical (unpaired) electrons. The summed E-state index contributed by atoms with van der Waals surface area (Å²) < 4.78 is 11.2. The van der Waals surface area contributed by atoms with Crippen molar-refractivity contribution in [3.63, 3.8) is 0 Å². The SMILES string of the molecule is CC(C)C(C=Cc1cccc(Cl)c1)C(=O)OC(C#N)c1cccc(Oc2ccccc2)n1. The molecule has 5 nitrogen and oxygen atoms in total. The molecule has 2 atom stereocenters. The molecule has 0 N–H and O–H groups in total. The Morgan fingerprint density at radius 2 is 1.81 bits per heavy atom. The third kappa shape index (κ3) is 6.44. The Hall–Kier alpha value is -3.62. The van der Waals surface area contributed by atoms with Gasteiger partial charge in [0.05, 0.1) is 11.6 Å². The van der Waals surface area contributed by atoms with Crippen molar-refractivity contribution >= 4 is 23.6 Å². The molecule has 1 aromatic heterocycles. The van der Waals surface area contributed by atoms with Crippen molar-refractivity contribution < 1.29 is 14.3 Å². The number of esters is 1. The summed E-state index contributed by atoms with van der Waals surface area (Å²) in [7, 11) is 0. The Labute approximate surface area is 192 Å². The molecule has 3 rings (SSSR count). The Balaban J connectivity index is 1.74. The Morgan fingerprint density at radius 3 is 2.50 bits per heavy atom. The minimum Gasteiger partial charge on any atom is -0.440 e. The topological polar surface area (TPSA) is 72.2 Å². The molecule has 32 heavy (non-hydrogen) atoms. The first-order valence-corrected chi connectivity index (χ1v) is 10.6. The van der Waals surface area contributed by atoms with Gasteiger partial charge in [-0.1, -0.05) is 74.0 Å². The lowest BCUT2D eigenvalue weighted by molar-refractivity contribution is -0.151. The minimum atomic E-state index is -1.15. The summed E-state index contributed by atoms with van der Waals surface area (Å²) in [6, 6.07) is 23.5. The van der Waals surface area contributed by atoms with Gasteiger partial charge < -0.3 is 9.47 Å². The molecule has 3 aromatic rings. The highest BCUT2D eigenvalue weighted by molar-refractivity contribution is 6.30. The van der Waals surface area contributed by atoms with E-state index in [2.05, 4.69) is 4.98 Å². The summed E-state index contributed by atoms with van der Waals surface area (Å²) in [4.78, 5) is 17.2. The molecule has 0 bridgehead atoms. The van der Waals surface area contributed by atoms with E-state index in [1.54, 1.807) is 48.5 Å². The number of ether oxygens (including phenoxy) is 2. The van der Waals surface area contributed by atoms with Crippen molar-refractivity contribution in [1.29, 1.82) is 5.26 Å². The van der Waals surface area contributed by atoms with E-state index >= 15 is 0 Å². The maximum atomic E-state index is 12.9. The summed E-state index contributed by atoms with van der Waals surface area (Å²) in [6.45, 7) is 3.84. The molecule has 0 amide bonds. The maximum Gasteiger partial charge on any atom is 0.314 e. The van der Waals surface area contributed by atoms with E-state index in [0.29, 0.717) is 22.3 Å². The highest BCUT2D eigenvalue weighted by Crippen LogP contribution is 2.25. The van der Waals surface area contributed by atoms with Gasteiger partial charge in [0, 0.05) is 11.1 Å². The zero-order valence-electron chi connectivity index (χ0n) is 17.8. The standard InChI is InChI=1S/C26H23ClN2O3/c1-18(2)22(15-14-19-8-6-9-20(27)16-19)26(30)32-24(17-28)23-12-7-13-25(29-23)31-21-10-4-3-5-11-21/h3-16,18,22,24H,1-2H3. The van der Waals surface area contributed by atoms with E-state index in [1.165, 1.54) is 0 Å². The zero-order chi connectivity index (χ0) is 22.9. The fourth-order valence-corrected chi connectivity index (χ4v) is 3.19. The van der Waals surface area contributed by atoms with Crippen molar-refractivity contribution in [2.45, 2.75) is 20.0 Å². The molecule has 2 aromatic carbocycles. The Morgan fingerprint density at radius 1 is 1.06 bits per heavy atom. The highest BCUT2D eigenvalue weighted by atomic mass is 35.5. The fourth-order valence-electron chi connectivity index (χ4n) is 2.99. The quantitative estimate of drug-likeness (QED) is 0.363. The molecule has 162 valence electrons. The molecule has 0 saturated carbocycles. The van der Waals surface area contributed by atoms with E-state index in [4.69, 9.17) is 21.1 Å². The summed E-state index contributed by atoms with van der Waals surface area (Å²) in [5, 5.41) is 10.2. The van der Waals surface area contributed by atoms with Crippen LogP contribution in [0.25, 0.3) is 6.08 Å². The van der Waals surface area contributed by atoms with Gasteiger partial charge in [-0.3, -0.25) is 4.79 Å². The predicted octanol–water partition coefficient (Wildman–Crippen LogP) is 6.62. The summed E-state index contributed by atoms with van der Waals surface area (Å²) in [5.74, 6) is -0.132. The molecule has 6 heteroatoms. The predicted molar refractivity (Wildman–Crippen MR) is 124 cm³/mol. The number of hydrogen-bond donors (Lipinski definition) is 0. The van der Waals surface area contributed by atoms with Crippen LogP contribution in [0.1, 0.15) is 31.2 Å². The van der Waals surface area contributed by atoms with Crippen LogP contribution in [0.4, 0.5) is 0 Å². The lowest BCUT2D eigenvalue weighted by Crippen LogP contribution is -2.23. The van der Waals surface area contributed by atoms with Gasteiger partial charge in [-0.05, 0) is 41.8 Å². The van der Waals surface area contributed by atoms with Gasteiger partial charge in [-0.15, -0.1) is 0 Å². The number of pyridine rings is 1. The number of nitriles is 1. The number of para-hydroxylation sites is 1. The van der Waals surface area contributed by atoms with E-state index in [-0.39, 0.29) is 5.92 Å². The molecule has 2 unspecified atom stereocenters. The molecule has 0 saturated heterocycles. The largest absolute Gasteiger partial charge is 0.440 e. The van der Waals surface area contributed by atoms with Gasteiger partial charge in [0.25, 0.3) is 0 Å². The third-order valence-electron chi connectivity index (χ3n) is 4.67. The lowest BCUT2D eigenvalue weighted by atomic mass is 9.94. The number of benzene rings is 2. The second kappa shape index (κ2) is 11.1. The first kappa shape index (κ1) is 23.1. The first-order valence-electron chi connectivity index (χ1n) is 10.2. The summed E-state index contributed by atoms with van der Waals surface area (Å²) >= 11 is 6.03. The van der Waals surface area contributed by atoms with Crippen LogP contribution in [-0.4, -0.2) is 11.0 Å². The van der Waals surface area contributed by atoms with Gasteiger partial charge in [0.2, 0.25) is 12.0 Å². The van der Waals surface area contributed by atoms with Crippen LogP contribution < -0.4 is 4.74 Å². The van der Waals surface area contributed by atoms with Crippen LogP contribution in [-0.2, 0) is 9.53 Å². The van der Waals surface area contributed by atoms with Crippen LogP contribution in [0.5, 0.6) is 11.6 Å². The van der Waals surface area contributed by atoms with Crippen LogP contribution in [0.3, 0.4) is 0 Å². The van der Waals surface area contributed by atoms with Crippen molar-refractivity contribution in [3.8, 4) is 17.7 Å². The second-order valence-electron chi connectivity index (χ2n) is 7.45. The maximum absolute atomic E-state index is 12.9. The number of aromatic nitrogens is 1. The normalized spacial score (nSPS) is 12.8. The number of halogens is 1. The van der Waals surface area contributed by atoms with Crippen LogP contribution in [0.15, 0.2) is 78.9 Å². The van der Waals surface area contributed by atoms with Crippen LogP contribution >= 0.6 is 11.6 Å². The highest BCUT2D eigenvalue weighted by Gasteiger charge is 2.26. The second-order valence-corrected chi connectivity index (χ2v) is 7.88. The van der Waals surface area contributed by atoms with Crippen LogP contribution in [0.2, 0.25) is 5.02 Å². The zero-order valence-corrected chi connectivity index (χ0v) is 18.6. The van der Waals surface area contributed by atoms with Gasteiger partial charge in [0.1, 0.15) is 11.8 Å². The van der Waals surface area contributed by atoms with Gasteiger partial charge in [-0.2, -0.15) is 5.26 Å². The van der Waals surface area contributed by atoms with E-state index in [1.807, 2.05) is 56.3 Å².